The van der Waals surface area contributed by atoms with E-state index in [0.717, 1.165) is 33.6 Å². The fourth-order valence-electron chi connectivity index (χ4n) is 13.6. The van der Waals surface area contributed by atoms with Crippen LogP contribution in [0, 0.1) is 11.8 Å². The van der Waals surface area contributed by atoms with Gasteiger partial charge in [0.15, 0.2) is 11.3 Å². The van der Waals surface area contributed by atoms with E-state index in [1.165, 1.54) is 66.8 Å². The van der Waals surface area contributed by atoms with Gasteiger partial charge < -0.3 is 9.97 Å². The summed E-state index contributed by atoms with van der Waals surface area (Å²) in [5.41, 5.74) is 17.8. The zero-order valence-corrected chi connectivity index (χ0v) is 41.8. The van der Waals surface area contributed by atoms with Crippen LogP contribution in [0.25, 0.3) is 0 Å². The van der Waals surface area contributed by atoms with Gasteiger partial charge in [-0.3, -0.25) is 0 Å². The average molecular weight is 897 g/mol. The van der Waals surface area contributed by atoms with Crippen LogP contribution in [0.3, 0.4) is 0 Å². The highest BCUT2D eigenvalue weighted by Crippen LogP contribution is 2.67. The molecule has 2 spiro atoms. The molecule has 0 radical (unpaired) electrons. The molecule has 5 heterocycles. The van der Waals surface area contributed by atoms with Crippen molar-refractivity contribution in [2.24, 2.45) is 41.8 Å². The summed E-state index contributed by atoms with van der Waals surface area (Å²) in [6, 6.07) is 37.3. The van der Waals surface area contributed by atoms with Crippen molar-refractivity contribution in [3.05, 3.63) is 186 Å². The van der Waals surface area contributed by atoms with E-state index >= 15 is 0 Å². The van der Waals surface area contributed by atoms with Crippen molar-refractivity contribution in [1.82, 2.24) is 9.97 Å². The molecule has 68 heavy (non-hydrogen) atoms. The number of benzene rings is 4. The molecule has 2 N–H and O–H groups in total. The molecule has 4 aromatic carbocycles. The molecular weight excluding hydrogens is 833 g/mol. The topological polar surface area (TPSA) is 106 Å². The summed E-state index contributed by atoms with van der Waals surface area (Å²) in [7, 11) is 0. The highest BCUT2D eigenvalue weighted by molar-refractivity contribution is 5.88. The molecule has 8 heteroatoms. The van der Waals surface area contributed by atoms with Crippen molar-refractivity contribution in [2.75, 3.05) is 0 Å². The number of amidine groups is 2. The van der Waals surface area contributed by atoms with Crippen LogP contribution in [0.15, 0.2) is 127 Å². The standard InChI is InChI=1S/C60H64N8/c1-55(2,3)31-15-19-37-39(25-31)51-35-17-13-33(57(7,8)9)27-41(35)53(37)59-43(51)29-49(67-59)63-45-22-24-48(62-45)66-60-44(30-50(68-60)64-46-21-23-47(61-46)65-59)52-36-18-14-34(58(10,11)12)28-42(36)54(60)38-20-16-32(26-40(38)52)56(4,5)6/h13-28,43-44,51-54H,29-30H2,1-12H3,(H,61,64,65,68)(H,62,63,66,67)/t43-,44+,51-,52-,53-,54-,59-,60+/m0/s1. The molecular formula is C60H64N8. The SMILES string of the molecule is CC(C)(C)c1ccc2c(c1)[C@@H]1c3ccc(C(C)(C)C)cc3[C@H]2[C@]23N=C(C[C@H]12)N=c1ccc([nH]1)=N[C@]12N=C(C[C@H]1[C@@H]1c4cc(C(C)(C)C)ccc4[C@H]2c2cc(C(C)(C)C)ccc21)N=c1ccc([nH]1)=N3. The van der Waals surface area contributed by atoms with E-state index in [4.69, 9.17) is 30.0 Å². The summed E-state index contributed by atoms with van der Waals surface area (Å²) in [5, 5.41) is 0. The molecule has 0 fully saturated rings. The van der Waals surface area contributed by atoms with Crippen LogP contribution in [-0.2, 0) is 21.7 Å². The van der Waals surface area contributed by atoms with Crippen LogP contribution in [0.1, 0.15) is 186 Å². The maximum atomic E-state index is 5.84. The first-order valence-corrected chi connectivity index (χ1v) is 25.1. The lowest BCUT2D eigenvalue weighted by Gasteiger charge is -2.52. The second-order valence-electron chi connectivity index (χ2n) is 25.3. The molecule has 0 unspecified atom stereocenters. The number of hydrogen-bond acceptors (Lipinski definition) is 6. The number of aliphatic imine (C=N–C) groups is 2. The predicted molar refractivity (Wildman–Crippen MR) is 271 cm³/mol. The monoisotopic (exact) mass is 897 g/mol. The lowest BCUT2D eigenvalue weighted by Crippen LogP contribution is -2.51. The first kappa shape index (κ1) is 42.1. The van der Waals surface area contributed by atoms with E-state index in [-0.39, 0.29) is 57.2 Å². The number of hydrogen-bond donors (Lipinski definition) is 2. The van der Waals surface area contributed by atoms with E-state index in [2.05, 4.69) is 190 Å². The van der Waals surface area contributed by atoms with Crippen molar-refractivity contribution in [2.45, 2.75) is 153 Å². The number of aromatic nitrogens is 2. The summed E-state index contributed by atoms with van der Waals surface area (Å²) >= 11 is 0. The van der Waals surface area contributed by atoms with Gasteiger partial charge in [0, 0.05) is 36.5 Å². The molecule has 344 valence electrons. The Morgan fingerprint density at radius 2 is 0.691 bits per heavy atom. The zero-order valence-electron chi connectivity index (χ0n) is 41.8. The van der Waals surface area contributed by atoms with Gasteiger partial charge in [0.2, 0.25) is 0 Å². The smallest absolute Gasteiger partial charge is 0.169 e. The molecule has 8 nitrogen and oxygen atoms in total. The normalized spacial score (nSPS) is 28.1. The van der Waals surface area contributed by atoms with Crippen LogP contribution in [0.5, 0.6) is 0 Å². The summed E-state index contributed by atoms with van der Waals surface area (Å²) in [6.45, 7) is 27.7. The van der Waals surface area contributed by atoms with Crippen LogP contribution in [0.2, 0.25) is 0 Å². The van der Waals surface area contributed by atoms with Crippen molar-refractivity contribution in [3.63, 3.8) is 0 Å². The van der Waals surface area contributed by atoms with Crippen molar-refractivity contribution in [1.29, 1.82) is 0 Å². The van der Waals surface area contributed by atoms with E-state index in [1.807, 2.05) is 0 Å². The first-order chi connectivity index (χ1) is 32.1. The molecule has 6 aromatic rings. The zero-order chi connectivity index (χ0) is 47.2. The fourth-order valence-corrected chi connectivity index (χ4v) is 13.6. The largest absolute Gasteiger partial charge is 0.325 e. The Hall–Kier alpha value is -6.02. The van der Waals surface area contributed by atoms with Crippen LogP contribution in [-0.4, -0.2) is 33.0 Å². The van der Waals surface area contributed by atoms with Gasteiger partial charge in [0.1, 0.15) is 33.6 Å². The van der Waals surface area contributed by atoms with Gasteiger partial charge in [0.25, 0.3) is 0 Å². The number of rotatable bonds is 0. The van der Waals surface area contributed by atoms with Crippen LogP contribution >= 0.6 is 0 Å². The Morgan fingerprint density at radius 1 is 0.368 bits per heavy atom. The van der Waals surface area contributed by atoms with Crippen LogP contribution < -0.4 is 22.0 Å². The number of aromatic amines is 2. The fraction of sp³-hybridized carbons (Fsp3) is 0.433. The van der Waals surface area contributed by atoms with E-state index < -0.39 is 11.3 Å². The Kier molecular flexibility index (Phi) is 8.29. The number of H-pyrrole nitrogens is 2. The number of fused-ring (bicyclic) bond motifs is 4. The van der Waals surface area contributed by atoms with Gasteiger partial charge in [-0.1, -0.05) is 156 Å². The molecule has 9 aliphatic rings. The molecule has 15 rings (SSSR count). The van der Waals surface area contributed by atoms with Gasteiger partial charge >= 0.3 is 0 Å². The third-order valence-electron chi connectivity index (χ3n) is 17.0. The van der Waals surface area contributed by atoms with E-state index in [1.54, 1.807) is 0 Å². The van der Waals surface area contributed by atoms with Gasteiger partial charge in [-0.15, -0.1) is 0 Å². The number of nitrogens with zero attached hydrogens (tertiary/aromatic N) is 6. The molecule has 8 atom stereocenters. The lowest BCUT2D eigenvalue weighted by molar-refractivity contribution is 0.210. The minimum atomic E-state index is -0.819. The van der Waals surface area contributed by atoms with E-state index in [9.17, 15) is 0 Å². The average Bonchev–Trinajstić information content (AvgIpc) is 4.07. The molecule has 2 aromatic heterocycles. The molecule has 6 aliphatic carbocycles. The maximum absolute atomic E-state index is 5.84. The van der Waals surface area contributed by atoms with Gasteiger partial charge in [0.05, 0.1) is 11.8 Å². The second-order valence-corrected chi connectivity index (χ2v) is 25.3. The van der Waals surface area contributed by atoms with Gasteiger partial charge in [-0.2, -0.15) is 0 Å². The second kappa shape index (κ2) is 13.4. The van der Waals surface area contributed by atoms with Crippen molar-refractivity contribution < 1.29 is 0 Å². The highest BCUT2D eigenvalue weighted by Gasteiger charge is 2.64. The summed E-state index contributed by atoms with van der Waals surface area (Å²) in [6.07, 6.45) is 1.41. The Morgan fingerprint density at radius 3 is 1.04 bits per heavy atom. The Bertz CT molecular complexity index is 3280. The van der Waals surface area contributed by atoms with E-state index in [0.29, 0.717) is 12.8 Å². The lowest BCUT2D eigenvalue weighted by atomic mass is 9.53. The summed E-state index contributed by atoms with van der Waals surface area (Å²) < 4.78 is 0. The van der Waals surface area contributed by atoms with Gasteiger partial charge in [-0.25, -0.2) is 30.0 Å². The third kappa shape index (κ3) is 5.90. The third-order valence-corrected chi connectivity index (χ3v) is 17.0. The Balaban J connectivity index is 1.03. The maximum Gasteiger partial charge on any atom is 0.169 e. The highest BCUT2D eigenvalue weighted by atomic mass is 15.2. The minimum Gasteiger partial charge on any atom is -0.325 e. The molecule has 3 aliphatic heterocycles. The van der Waals surface area contributed by atoms with Gasteiger partial charge in [-0.05, 0) is 113 Å². The summed E-state index contributed by atoms with van der Waals surface area (Å²) in [5.74, 6) is 1.78. The van der Waals surface area contributed by atoms with Crippen LogP contribution in [0.4, 0.5) is 0 Å². The van der Waals surface area contributed by atoms with Crippen molar-refractivity contribution in [3.8, 4) is 0 Å². The van der Waals surface area contributed by atoms with Crippen molar-refractivity contribution >= 4 is 11.7 Å². The quantitative estimate of drug-likeness (QED) is 0.152. The summed E-state index contributed by atoms with van der Waals surface area (Å²) in [4.78, 5) is 41.5. The minimum absolute atomic E-state index is 0.0140. The number of nitrogens with one attached hydrogen (secondary N) is 2. The predicted octanol–water partition coefficient (Wildman–Crippen LogP) is 10.5. The molecule has 0 amide bonds. The Labute approximate surface area is 400 Å². The molecule has 12 bridgehead atoms. The molecule has 0 saturated heterocycles. The first-order valence-electron chi connectivity index (χ1n) is 25.1. The molecule has 0 saturated carbocycles.